The minimum absolute atomic E-state index is 0.00909. The molecule has 1 atom stereocenters. The monoisotopic (exact) mass is 544 g/mol. The summed E-state index contributed by atoms with van der Waals surface area (Å²) in [4.78, 5) is 37.8. The van der Waals surface area contributed by atoms with Gasteiger partial charge in [-0.3, -0.25) is 24.0 Å². The van der Waals surface area contributed by atoms with Gasteiger partial charge in [-0.05, 0) is 44.0 Å². The number of nitrogens with one attached hydrogen (secondary N) is 1. The Morgan fingerprint density at radius 1 is 1.17 bits per heavy atom. The lowest BCUT2D eigenvalue weighted by Crippen LogP contribution is -2.51. The third kappa shape index (κ3) is 7.30. The number of aryl methyl sites for hydroxylation is 1. The first-order valence-electron chi connectivity index (χ1n) is 10.5. The third-order valence-corrected chi connectivity index (χ3v) is 6.94. The van der Waals surface area contributed by atoms with Crippen LogP contribution >= 0.6 is 23.2 Å². The van der Waals surface area contributed by atoms with Crippen LogP contribution in [0.2, 0.25) is 10.0 Å². The predicted molar refractivity (Wildman–Crippen MR) is 135 cm³/mol. The maximum absolute atomic E-state index is 13.5. The maximum atomic E-state index is 13.5. The Balaban J connectivity index is 2.51. The summed E-state index contributed by atoms with van der Waals surface area (Å²) in [6.45, 7) is 4.35. The number of benzene rings is 2. The van der Waals surface area contributed by atoms with Crippen LogP contribution in [0.15, 0.2) is 36.4 Å². The first kappa shape index (κ1) is 28.3. The van der Waals surface area contributed by atoms with E-state index in [4.69, 9.17) is 23.2 Å². The maximum Gasteiger partial charge on any atom is 0.271 e. The Hall–Kier alpha value is -2.89. The van der Waals surface area contributed by atoms with Crippen molar-refractivity contribution >= 4 is 56.4 Å². The van der Waals surface area contributed by atoms with E-state index in [1.807, 2.05) is 0 Å². The van der Waals surface area contributed by atoms with Gasteiger partial charge in [-0.15, -0.1) is 0 Å². The van der Waals surface area contributed by atoms with Crippen LogP contribution in [0.4, 0.5) is 11.4 Å². The molecule has 10 nitrogen and oxygen atoms in total. The van der Waals surface area contributed by atoms with Crippen molar-refractivity contribution in [1.82, 2.24) is 10.2 Å². The first-order chi connectivity index (χ1) is 16.3. The minimum atomic E-state index is -4.04. The standard InChI is InChI=1S/C22H26Cl2N4O6S/c1-5-25-22(30)15(3)26(12-16-7-8-17(23)10-19(16)24)21(29)13-27(35(4,33)34)20-11-18(28(31)32)9-6-14(20)2/h6-11,15H,5,12-13H2,1-4H3,(H,25,30)/t15-/m0/s1. The molecule has 0 aliphatic heterocycles. The Morgan fingerprint density at radius 3 is 2.37 bits per heavy atom. The molecule has 0 fully saturated rings. The molecule has 2 amide bonds. The summed E-state index contributed by atoms with van der Waals surface area (Å²) in [6, 6.07) is 7.45. The fourth-order valence-corrected chi connectivity index (χ4v) is 4.68. The van der Waals surface area contributed by atoms with Crippen molar-refractivity contribution in [2.45, 2.75) is 33.4 Å². The zero-order valence-corrected chi connectivity index (χ0v) is 21.9. The van der Waals surface area contributed by atoms with Gasteiger partial charge < -0.3 is 10.2 Å². The van der Waals surface area contributed by atoms with Crippen LogP contribution in [0.5, 0.6) is 0 Å². The quantitative estimate of drug-likeness (QED) is 0.359. The molecule has 0 aliphatic carbocycles. The summed E-state index contributed by atoms with van der Waals surface area (Å²) < 4.78 is 26.1. The number of nitro groups is 1. The predicted octanol–water partition coefficient (Wildman–Crippen LogP) is 3.53. The zero-order valence-electron chi connectivity index (χ0n) is 19.6. The van der Waals surface area contributed by atoms with Crippen LogP contribution < -0.4 is 9.62 Å². The molecule has 0 aliphatic rings. The zero-order chi connectivity index (χ0) is 26.5. The summed E-state index contributed by atoms with van der Waals surface area (Å²) in [5, 5.41) is 14.5. The van der Waals surface area contributed by atoms with Gasteiger partial charge in [-0.2, -0.15) is 0 Å². The van der Waals surface area contributed by atoms with E-state index in [9.17, 15) is 28.1 Å². The van der Waals surface area contributed by atoms with E-state index in [-0.39, 0.29) is 22.9 Å². The fourth-order valence-electron chi connectivity index (χ4n) is 3.31. The number of hydrogen-bond donors (Lipinski definition) is 1. The summed E-state index contributed by atoms with van der Waals surface area (Å²) >= 11 is 12.2. The average Bonchev–Trinajstić information content (AvgIpc) is 2.76. The highest BCUT2D eigenvalue weighted by atomic mass is 35.5. The summed E-state index contributed by atoms with van der Waals surface area (Å²) in [5.74, 6) is -1.14. The number of amides is 2. The van der Waals surface area contributed by atoms with Crippen LogP contribution in [0, 0.1) is 17.0 Å². The number of halogens is 2. The van der Waals surface area contributed by atoms with Gasteiger partial charge in [-0.25, -0.2) is 8.42 Å². The summed E-state index contributed by atoms with van der Waals surface area (Å²) in [6.07, 6.45) is 0.895. The van der Waals surface area contributed by atoms with Gasteiger partial charge >= 0.3 is 0 Å². The van der Waals surface area contributed by atoms with Crippen molar-refractivity contribution in [3.05, 3.63) is 67.7 Å². The number of carbonyl (C=O) groups is 2. The lowest BCUT2D eigenvalue weighted by molar-refractivity contribution is -0.384. The Bertz CT molecular complexity index is 1240. The highest BCUT2D eigenvalue weighted by Crippen LogP contribution is 2.28. The number of rotatable bonds is 10. The highest BCUT2D eigenvalue weighted by Gasteiger charge is 2.31. The number of likely N-dealkylation sites (N-methyl/N-ethyl adjacent to an activating group) is 1. The highest BCUT2D eigenvalue weighted by molar-refractivity contribution is 7.92. The Morgan fingerprint density at radius 2 is 1.83 bits per heavy atom. The van der Waals surface area contributed by atoms with E-state index in [1.54, 1.807) is 26.0 Å². The Labute approximate surface area is 214 Å². The van der Waals surface area contributed by atoms with Crippen molar-refractivity contribution < 1.29 is 22.9 Å². The summed E-state index contributed by atoms with van der Waals surface area (Å²) in [5.41, 5.74) is 0.577. The normalized spacial score (nSPS) is 12.1. The molecule has 0 bridgehead atoms. The molecule has 2 aromatic rings. The molecule has 0 unspecified atom stereocenters. The third-order valence-electron chi connectivity index (χ3n) is 5.23. The van der Waals surface area contributed by atoms with Gasteiger partial charge in [0, 0.05) is 35.3 Å². The van der Waals surface area contributed by atoms with Crippen LogP contribution in [-0.4, -0.2) is 55.4 Å². The van der Waals surface area contributed by atoms with Crippen molar-refractivity contribution in [2.24, 2.45) is 0 Å². The number of hydrogen-bond acceptors (Lipinski definition) is 6. The van der Waals surface area contributed by atoms with Crippen LogP contribution in [0.1, 0.15) is 25.0 Å². The molecule has 35 heavy (non-hydrogen) atoms. The molecular weight excluding hydrogens is 519 g/mol. The van der Waals surface area contributed by atoms with Gasteiger partial charge in [0.15, 0.2) is 0 Å². The number of nitrogens with zero attached hydrogens (tertiary/aromatic N) is 3. The van der Waals surface area contributed by atoms with E-state index in [2.05, 4.69) is 5.32 Å². The topological polar surface area (TPSA) is 130 Å². The molecule has 190 valence electrons. The van der Waals surface area contributed by atoms with E-state index >= 15 is 0 Å². The molecule has 13 heteroatoms. The van der Waals surface area contributed by atoms with Crippen molar-refractivity contribution in [3.8, 4) is 0 Å². The van der Waals surface area contributed by atoms with Gasteiger partial charge in [0.05, 0.1) is 16.9 Å². The van der Waals surface area contributed by atoms with Gasteiger partial charge in [-0.1, -0.05) is 35.3 Å². The van der Waals surface area contributed by atoms with Crippen LogP contribution in [0.25, 0.3) is 0 Å². The second-order valence-electron chi connectivity index (χ2n) is 7.83. The number of nitro benzene ring substituents is 1. The smallest absolute Gasteiger partial charge is 0.271 e. The molecule has 0 saturated heterocycles. The van der Waals surface area contributed by atoms with Gasteiger partial charge in [0.2, 0.25) is 21.8 Å². The lowest BCUT2D eigenvalue weighted by Gasteiger charge is -2.32. The van der Waals surface area contributed by atoms with E-state index < -0.39 is 39.3 Å². The molecule has 0 radical (unpaired) electrons. The van der Waals surface area contributed by atoms with Crippen molar-refractivity contribution in [3.63, 3.8) is 0 Å². The summed E-state index contributed by atoms with van der Waals surface area (Å²) in [7, 11) is -4.04. The SMILES string of the molecule is CCNC(=O)[C@H](C)N(Cc1ccc(Cl)cc1Cl)C(=O)CN(c1cc([N+](=O)[O-])ccc1C)S(C)(=O)=O. The molecule has 0 saturated carbocycles. The van der Waals surface area contributed by atoms with E-state index in [0.717, 1.165) is 16.6 Å². The molecule has 0 aromatic heterocycles. The second kappa shape index (κ2) is 11.7. The molecular formula is C22H26Cl2N4O6S. The van der Waals surface area contributed by atoms with E-state index in [1.165, 1.54) is 30.0 Å². The first-order valence-corrected chi connectivity index (χ1v) is 13.1. The van der Waals surface area contributed by atoms with Gasteiger partial charge in [0.25, 0.3) is 5.69 Å². The second-order valence-corrected chi connectivity index (χ2v) is 10.6. The van der Waals surface area contributed by atoms with E-state index in [0.29, 0.717) is 22.7 Å². The molecule has 2 rings (SSSR count). The Kier molecular flexibility index (Phi) is 9.47. The van der Waals surface area contributed by atoms with Crippen molar-refractivity contribution in [1.29, 1.82) is 0 Å². The van der Waals surface area contributed by atoms with Crippen LogP contribution in [0.3, 0.4) is 0 Å². The largest absolute Gasteiger partial charge is 0.355 e. The molecule has 2 aromatic carbocycles. The molecule has 0 heterocycles. The number of anilines is 1. The average molecular weight is 545 g/mol. The minimum Gasteiger partial charge on any atom is -0.355 e. The van der Waals surface area contributed by atoms with Gasteiger partial charge in [0.1, 0.15) is 12.6 Å². The number of sulfonamides is 1. The molecule has 1 N–H and O–H groups in total. The molecule has 0 spiro atoms. The fraction of sp³-hybridized carbons (Fsp3) is 0.364. The lowest BCUT2D eigenvalue weighted by atomic mass is 10.1. The van der Waals surface area contributed by atoms with Crippen LogP contribution in [-0.2, 0) is 26.2 Å². The number of carbonyl (C=O) groups excluding carboxylic acids is 2. The number of non-ortho nitro benzene ring substituents is 1. The van der Waals surface area contributed by atoms with Crippen molar-refractivity contribution in [2.75, 3.05) is 23.7 Å².